The van der Waals surface area contributed by atoms with E-state index in [1.807, 2.05) is 37.3 Å². The second kappa shape index (κ2) is 8.65. The van der Waals surface area contributed by atoms with Crippen LogP contribution in [0.3, 0.4) is 0 Å². The predicted molar refractivity (Wildman–Crippen MR) is 92.8 cm³/mol. The lowest BCUT2D eigenvalue weighted by molar-refractivity contribution is -0.132. The average Bonchev–Trinajstić information content (AvgIpc) is 2.54. The van der Waals surface area contributed by atoms with Gasteiger partial charge in [0.25, 0.3) is 0 Å². The molecule has 2 aromatic carbocycles. The summed E-state index contributed by atoms with van der Waals surface area (Å²) in [7, 11) is 1.68. The molecule has 23 heavy (non-hydrogen) atoms. The Hall–Kier alpha value is -1.91. The standard InChI is InChI=1S/C18H21FN2O.ClH/c1-13(15-10-6-7-11-16(15)19)21(2)18(22)12-17(20)14-8-4-3-5-9-14;/h3-11,13,17H,12,20H2,1-2H3;1H. The summed E-state index contributed by atoms with van der Waals surface area (Å²) in [4.78, 5) is 13.9. The Morgan fingerprint density at radius 3 is 2.30 bits per heavy atom. The number of nitrogens with zero attached hydrogens (tertiary/aromatic N) is 1. The lowest BCUT2D eigenvalue weighted by atomic mass is 10.0. The number of rotatable bonds is 5. The van der Waals surface area contributed by atoms with Crippen molar-refractivity contribution >= 4 is 18.3 Å². The van der Waals surface area contributed by atoms with Gasteiger partial charge in [0.1, 0.15) is 5.82 Å². The van der Waals surface area contributed by atoms with Crippen molar-refractivity contribution in [1.82, 2.24) is 4.90 Å². The maximum atomic E-state index is 13.8. The van der Waals surface area contributed by atoms with Crippen LogP contribution in [0.15, 0.2) is 54.6 Å². The normalized spacial score (nSPS) is 12.9. The van der Waals surface area contributed by atoms with Crippen LogP contribution >= 0.6 is 12.4 Å². The highest BCUT2D eigenvalue weighted by molar-refractivity contribution is 5.85. The van der Waals surface area contributed by atoms with E-state index in [0.29, 0.717) is 5.56 Å². The number of halogens is 2. The van der Waals surface area contributed by atoms with Gasteiger partial charge in [0, 0.05) is 25.1 Å². The van der Waals surface area contributed by atoms with E-state index in [-0.39, 0.29) is 42.6 Å². The van der Waals surface area contributed by atoms with Gasteiger partial charge < -0.3 is 10.6 Å². The summed E-state index contributed by atoms with van der Waals surface area (Å²) in [6, 6.07) is 15.3. The summed E-state index contributed by atoms with van der Waals surface area (Å²) in [6.07, 6.45) is 0.194. The molecule has 2 aromatic rings. The van der Waals surface area contributed by atoms with Crippen LogP contribution in [0.1, 0.15) is 36.6 Å². The van der Waals surface area contributed by atoms with Crippen molar-refractivity contribution in [2.24, 2.45) is 5.73 Å². The van der Waals surface area contributed by atoms with E-state index in [0.717, 1.165) is 5.56 Å². The molecule has 3 nitrogen and oxygen atoms in total. The Bertz CT molecular complexity index is 636. The zero-order valence-electron chi connectivity index (χ0n) is 13.3. The van der Waals surface area contributed by atoms with E-state index in [9.17, 15) is 9.18 Å². The zero-order valence-corrected chi connectivity index (χ0v) is 14.1. The minimum atomic E-state index is -0.357. The Morgan fingerprint density at radius 2 is 1.70 bits per heavy atom. The van der Waals surface area contributed by atoms with Gasteiger partial charge in [-0.05, 0) is 18.6 Å². The summed E-state index contributed by atoms with van der Waals surface area (Å²) in [6.45, 7) is 1.81. The van der Waals surface area contributed by atoms with E-state index >= 15 is 0 Å². The van der Waals surface area contributed by atoms with Crippen molar-refractivity contribution in [3.8, 4) is 0 Å². The lowest BCUT2D eigenvalue weighted by Gasteiger charge is -2.27. The number of nitrogens with two attached hydrogens (primary N) is 1. The van der Waals surface area contributed by atoms with E-state index in [1.54, 1.807) is 30.1 Å². The van der Waals surface area contributed by atoms with E-state index in [4.69, 9.17) is 5.73 Å². The molecule has 5 heteroatoms. The van der Waals surface area contributed by atoms with Gasteiger partial charge in [0.15, 0.2) is 0 Å². The Morgan fingerprint density at radius 1 is 1.13 bits per heavy atom. The number of amides is 1. The molecule has 2 atom stereocenters. The molecule has 0 heterocycles. The number of carbonyl (C=O) groups excluding carboxylic acids is 1. The number of benzene rings is 2. The first kappa shape index (κ1) is 19.1. The van der Waals surface area contributed by atoms with E-state index in [1.165, 1.54) is 6.07 Å². The van der Waals surface area contributed by atoms with E-state index in [2.05, 4.69) is 0 Å². The SMILES string of the molecule is CC(c1ccccc1F)N(C)C(=O)CC(N)c1ccccc1.Cl. The van der Waals surface area contributed by atoms with Crippen LogP contribution in [0.2, 0.25) is 0 Å². The van der Waals surface area contributed by atoms with Gasteiger partial charge >= 0.3 is 0 Å². The third-order valence-electron chi connectivity index (χ3n) is 3.95. The Balaban J connectivity index is 0.00000264. The predicted octanol–water partition coefficient (Wildman–Crippen LogP) is 3.86. The van der Waals surface area contributed by atoms with Gasteiger partial charge in [-0.15, -0.1) is 12.4 Å². The molecule has 124 valence electrons. The van der Waals surface area contributed by atoms with Crippen molar-refractivity contribution in [3.05, 3.63) is 71.5 Å². The van der Waals surface area contributed by atoms with E-state index < -0.39 is 0 Å². The van der Waals surface area contributed by atoms with Gasteiger partial charge in [0.2, 0.25) is 5.91 Å². The third-order valence-corrected chi connectivity index (χ3v) is 3.95. The van der Waals surface area contributed by atoms with Crippen molar-refractivity contribution < 1.29 is 9.18 Å². The fraction of sp³-hybridized carbons (Fsp3) is 0.278. The molecule has 0 aliphatic heterocycles. The van der Waals surface area contributed by atoms with Crippen LogP contribution in [0, 0.1) is 5.82 Å². The molecule has 0 saturated heterocycles. The largest absolute Gasteiger partial charge is 0.339 e. The molecule has 0 spiro atoms. The summed E-state index contributed by atoms with van der Waals surface area (Å²) in [5.74, 6) is -0.408. The van der Waals surface area contributed by atoms with Crippen molar-refractivity contribution in [1.29, 1.82) is 0 Å². The Labute approximate surface area is 142 Å². The first-order valence-corrected chi connectivity index (χ1v) is 7.31. The van der Waals surface area contributed by atoms with Crippen molar-refractivity contribution in [3.63, 3.8) is 0 Å². The highest BCUT2D eigenvalue weighted by Gasteiger charge is 2.22. The lowest BCUT2D eigenvalue weighted by Crippen LogP contribution is -2.32. The Kier molecular flexibility index (Phi) is 7.20. The topological polar surface area (TPSA) is 46.3 Å². The number of hydrogen-bond acceptors (Lipinski definition) is 2. The van der Waals surface area contributed by atoms with Gasteiger partial charge in [0.05, 0.1) is 6.04 Å². The smallest absolute Gasteiger partial charge is 0.224 e. The molecule has 2 unspecified atom stereocenters. The molecule has 0 aliphatic rings. The molecule has 0 fully saturated rings. The molecular formula is C18H22ClFN2O. The van der Waals surface area contributed by atoms with Gasteiger partial charge in [-0.3, -0.25) is 4.79 Å². The molecule has 0 aromatic heterocycles. The monoisotopic (exact) mass is 336 g/mol. The summed E-state index contributed by atoms with van der Waals surface area (Å²) < 4.78 is 13.8. The highest BCUT2D eigenvalue weighted by atomic mass is 35.5. The zero-order chi connectivity index (χ0) is 16.1. The quantitative estimate of drug-likeness (QED) is 0.901. The third kappa shape index (κ3) is 4.78. The van der Waals surface area contributed by atoms with Crippen LogP contribution in [0.4, 0.5) is 4.39 Å². The van der Waals surface area contributed by atoms with Gasteiger partial charge in [-0.2, -0.15) is 0 Å². The molecule has 2 N–H and O–H groups in total. The molecule has 0 radical (unpaired) electrons. The fourth-order valence-corrected chi connectivity index (χ4v) is 2.39. The highest BCUT2D eigenvalue weighted by Crippen LogP contribution is 2.23. The molecule has 0 saturated carbocycles. The number of hydrogen-bond donors (Lipinski definition) is 1. The average molecular weight is 337 g/mol. The first-order valence-electron chi connectivity index (χ1n) is 7.31. The molecule has 0 aliphatic carbocycles. The molecular weight excluding hydrogens is 315 g/mol. The molecule has 1 amide bonds. The van der Waals surface area contributed by atoms with Crippen LogP contribution < -0.4 is 5.73 Å². The van der Waals surface area contributed by atoms with Crippen LogP contribution in [-0.2, 0) is 4.79 Å². The van der Waals surface area contributed by atoms with Crippen LogP contribution in [0.25, 0.3) is 0 Å². The van der Waals surface area contributed by atoms with Gasteiger partial charge in [-0.1, -0.05) is 48.5 Å². The van der Waals surface area contributed by atoms with Crippen molar-refractivity contribution in [2.45, 2.75) is 25.4 Å². The first-order chi connectivity index (χ1) is 10.5. The minimum Gasteiger partial charge on any atom is -0.339 e. The second-order valence-electron chi connectivity index (χ2n) is 5.42. The van der Waals surface area contributed by atoms with Gasteiger partial charge in [-0.25, -0.2) is 4.39 Å². The van der Waals surface area contributed by atoms with Crippen LogP contribution in [-0.4, -0.2) is 17.9 Å². The minimum absolute atomic E-state index is 0. The maximum absolute atomic E-state index is 13.8. The van der Waals surface area contributed by atoms with Crippen LogP contribution in [0.5, 0.6) is 0 Å². The second-order valence-corrected chi connectivity index (χ2v) is 5.42. The number of carbonyl (C=O) groups is 1. The molecule has 0 bridgehead atoms. The summed E-state index contributed by atoms with van der Waals surface area (Å²) in [5.41, 5.74) is 7.51. The van der Waals surface area contributed by atoms with Crippen molar-refractivity contribution in [2.75, 3.05) is 7.05 Å². The summed E-state index contributed by atoms with van der Waals surface area (Å²) >= 11 is 0. The fourth-order valence-electron chi connectivity index (χ4n) is 2.39. The summed E-state index contributed by atoms with van der Waals surface area (Å²) in [5, 5.41) is 0. The molecule has 2 rings (SSSR count). The maximum Gasteiger partial charge on any atom is 0.224 e.